The number of halogens is 2. The number of aromatic carboxylic acids is 1. The average Bonchev–Trinajstić information content (AvgIpc) is 3.04. The minimum Gasteiger partial charge on any atom is -0.494 e. The predicted octanol–water partition coefficient (Wildman–Crippen LogP) is 5.63. The van der Waals surface area contributed by atoms with E-state index >= 15 is 0 Å². The van der Waals surface area contributed by atoms with Gasteiger partial charge in [-0.15, -0.1) is 0 Å². The standard InChI is InChI=1S/C24H24ClFN2O3/c1-13-10-15(23(29)30)6-7-17(13)24(8-5-9-24)27-14(2)18-11-16-19(28(18)3)12-20(31-4)22(26)21(16)25/h6-7,10-12,27H,2,5,8-9H2,1,3-4H3,(H,29,30). The lowest BCUT2D eigenvalue weighted by molar-refractivity contribution is 0.0696. The zero-order chi connectivity index (χ0) is 22.5. The summed E-state index contributed by atoms with van der Waals surface area (Å²) in [5, 5.41) is 13.5. The molecule has 1 aromatic heterocycles. The molecule has 0 spiro atoms. The maximum absolute atomic E-state index is 14.4. The molecule has 2 aromatic carbocycles. The van der Waals surface area contributed by atoms with E-state index in [0.29, 0.717) is 11.1 Å². The molecule has 0 unspecified atom stereocenters. The number of carboxylic acid groups (broad SMARTS) is 1. The normalized spacial score (nSPS) is 14.9. The second kappa shape index (κ2) is 7.61. The Morgan fingerprint density at radius 2 is 2.03 bits per heavy atom. The highest BCUT2D eigenvalue weighted by Gasteiger charge is 2.40. The fourth-order valence-electron chi connectivity index (χ4n) is 4.50. The molecule has 162 valence electrons. The number of nitrogens with one attached hydrogen (secondary N) is 1. The molecular weight excluding hydrogens is 419 g/mol. The van der Waals surface area contributed by atoms with Crippen LogP contribution >= 0.6 is 11.6 Å². The van der Waals surface area contributed by atoms with Crippen molar-refractivity contribution in [2.45, 2.75) is 31.7 Å². The summed E-state index contributed by atoms with van der Waals surface area (Å²) in [5.74, 6) is -1.44. The van der Waals surface area contributed by atoms with Crippen molar-refractivity contribution in [1.29, 1.82) is 0 Å². The number of benzene rings is 2. The van der Waals surface area contributed by atoms with Crippen LogP contribution in [0.2, 0.25) is 5.02 Å². The lowest BCUT2D eigenvalue weighted by atomic mass is 9.70. The second-order valence-electron chi connectivity index (χ2n) is 8.10. The summed E-state index contributed by atoms with van der Waals surface area (Å²) in [4.78, 5) is 11.3. The Balaban J connectivity index is 1.72. The van der Waals surface area contributed by atoms with Gasteiger partial charge in [0.25, 0.3) is 0 Å². The van der Waals surface area contributed by atoms with E-state index < -0.39 is 11.8 Å². The van der Waals surface area contributed by atoms with Crippen LogP contribution in [0.3, 0.4) is 0 Å². The number of aromatic nitrogens is 1. The summed E-state index contributed by atoms with van der Waals surface area (Å²) >= 11 is 6.26. The van der Waals surface area contributed by atoms with Gasteiger partial charge in [-0.1, -0.05) is 24.2 Å². The fraction of sp³-hybridized carbons (Fsp3) is 0.292. The average molecular weight is 443 g/mol. The maximum atomic E-state index is 14.4. The highest BCUT2D eigenvalue weighted by Crippen LogP contribution is 2.45. The van der Waals surface area contributed by atoms with E-state index in [1.165, 1.54) is 7.11 Å². The Labute approximate surface area is 185 Å². The van der Waals surface area contributed by atoms with Crippen LogP contribution < -0.4 is 10.1 Å². The summed E-state index contributed by atoms with van der Waals surface area (Å²) in [7, 11) is 3.28. The van der Waals surface area contributed by atoms with Crippen molar-refractivity contribution in [3.63, 3.8) is 0 Å². The third-order valence-electron chi connectivity index (χ3n) is 6.31. The number of nitrogens with zero attached hydrogens (tertiary/aromatic N) is 1. The van der Waals surface area contributed by atoms with Gasteiger partial charge in [0.1, 0.15) is 0 Å². The molecular formula is C24H24ClFN2O3. The first-order valence-corrected chi connectivity index (χ1v) is 10.4. The highest BCUT2D eigenvalue weighted by molar-refractivity contribution is 6.36. The molecule has 0 atom stereocenters. The number of carbonyl (C=O) groups is 1. The Morgan fingerprint density at radius 1 is 1.32 bits per heavy atom. The van der Waals surface area contributed by atoms with Gasteiger partial charge in [-0.2, -0.15) is 0 Å². The molecule has 1 fully saturated rings. The van der Waals surface area contributed by atoms with Crippen LogP contribution in [0.4, 0.5) is 4.39 Å². The Morgan fingerprint density at radius 3 is 2.58 bits per heavy atom. The largest absolute Gasteiger partial charge is 0.494 e. The Hall–Kier alpha value is -2.99. The van der Waals surface area contributed by atoms with E-state index in [1.807, 2.05) is 30.7 Å². The van der Waals surface area contributed by atoms with Crippen LogP contribution in [-0.2, 0) is 12.6 Å². The SMILES string of the molecule is C=C(NC1(c2ccc(C(=O)O)cc2C)CCC1)c1cc2c(Cl)c(F)c(OC)cc2n1C. The van der Waals surface area contributed by atoms with Gasteiger partial charge in [0.15, 0.2) is 11.6 Å². The molecule has 1 aliphatic rings. The molecule has 0 aliphatic heterocycles. The summed E-state index contributed by atoms with van der Waals surface area (Å²) in [6, 6.07) is 8.68. The van der Waals surface area contributed by atoms with Gasteiger partial charge in [0, 0.05) is 18.5 Å². The van der Waals surface area contributed by atoms with Crippen molar-refractivity contribution in [3.8, 4) is 5.75 Å². The first-order valence-electron chi connectivity index (χ1n) is 10.0. The Kier molecular flexibility index (Phi) is 5.21. The van der Waals surface area contributed by atoms with Crippen molar-refractivity contribution in [2.75, 3.05) is 7.11 Å². The van der Waals surface area contributed by atoms with E-state index in [0.717, 1.165) is 41.6 Å². The molecule has 0 amide bonds. The lowest BCUT2D eigenvalue weighted by Crippen LogP contribution is -2.47. The minimum atomic E-state index is -0.940. The van der Waals surface area contributed by atoms with Gasteiger partial charge in [-0.05, 0) is 55.5 Å². The zero-order valence-electron chi connectivity index (χ0n) is 17.7. The van der Waals surface area contributed by atoms with E-state index in [-0.39, 0.29) is 21.9 Å². The van der Waals surface area contributed by atoms with Gasteiger partial charge in [-0.3, -0.25) is 0 Å². The number of aryl methyl sites for hydroxylation is 2. The second-order valence-corrected chi connectivity index (χ2v) is 8.48. The molecule has 2 N–H and O–H groups in total. The number of rotatable bonds is 6. The first kappa shape index (κ1) is 21.2. The summed E-state index contributed by atoms with van der Waals surface area (Å²) in [6.07, 6.45) is 2.88. The molecule has 31 heavy (non-hydrogen) atoms. The van der Waals surface area contributed by atoms with Crippen LogP contribution in [-0.4, -0.2) is 22.8 Å². The van der Waals surface area contributed by atoms with Crippen molar-refractivity contribution in [3.05, 3.63) is 70.1 Å². The van der Waals surface area contributed by atoms with E-state index in [2.05, 4.69) is 11.9 Å². The summed E-state index contributed by atoms with van der Waals surface area (Å²) in [6.45, 7) is 6.18. The smallest absolute Gasteiger partial charge is 0.335 e. The molecule has 1 saturated carbocycles. The van der Waals surface area contributed by atoms with Crippen LogP contribution in [0.5, 0.6) is 5.75 Å². The summed E-state index contributed by atoms with van der Waals surface area (Å²) < 4.78 is 21.4. The van der Waals surface area contributed by atoms with Gasteiger partial charge in [0.2, 0.25) is 0 Å². The molecule has 0 saturated heterocycles. The molecule has 0 radical (unpaired) electrons. The number of hydrogen-bond acceptors (Lipinski definition) is 3. The number of carboxylic acids is 1. The number of fused-ring (bicyclic) bond motifs is 1. The Bertz CT molecular complexity index is 1230. The number of ether oxygens (including phenoxy) is 1. The molecule has 7 heteroatoms. The molecule has 1 aliphatic carbocycles. The first-order chi connectivity index (χ1) is 14.7. The van der Waals surface area contributed by atoms with Crippen molar-refractivity contribution in [2.24, 2.45) is 7.05 Å². The summed E-state index contributed by atoms with van der Waals surface area (Å²) in [5.41, 5.74) is 4.16. The van der Waals surface area contributed by atoms with Gasteiger partial charge in [-0.25, -0.2) is 9.18 Å². The number of methoxy groups -OCH3 is 1. The topological polar surface area (TPSA) is 63.5 Å². The van der Waals surface area contributed by atoms with Crippen LogP contribution in [0, 0.1) is 12.7 Å². The molecule has 5 nitrogen and oxygen atoms in total. The highest BCUT2D eigenvalue weighted by atomic mass is 35.5. The zero-order valence-corrected chi connectivity index (χ0v) is 18.4. The third kappa shape index (κ3) is 3.35. The van der Waals surface area contributed by atoms with E-state index in [9.17, 15) is 14.3 Å². The van der Waals surface area contributed by atoms with Crippen molar-refractivity contribution >= 4 is 34.2 Å². The molecule has 0 bridgehead atoms. The van der Waals surface area contributed by atoms with Gasteiger partial charge in [0.05, 0.1) is 40.1 Å². The predicted molar refractivity (Wildman–Crippen MR) is 120 cm³/mol. The van der Waals surface area contributed by atoms with E-state index in [4.69, 9.17) is 16.3 Å². The molecule has 4 rings (SSSR count). The number of hydrogen-bond donors (Lipinski definition) is 2. The fourth-order valence-corrected chi connectivity index (χ4v) is 4.74. The van der Waals surface area contributed by atoms with Gasteiger partial charge >= 0.3 is 5.97 Å². The van der Waals surface area contributed by atoms with Crippen molar-refractivity contribution < 1.29 is 19.0 Å². The van der Waals surface area contributed by atoms with E-state index in [1.54, 1.807) is 18.2 Å². The van der Waals surface area contributed by atoms with Gasteiger partial charge < -0.3 is 19.7 Å². The monoisotopic (exact) mass is 442 g/mol. The van der Waals surface area contributed by atoms with Crippen LogP contribution in [0.25, 0.3) is 16.6 Å². The third-order valence-corrected chi connectivity index (χ3v) is 6.68. The van der Waals surface area contributed by atoms with Crippen molar-refractivity contribution in [1.82, 2.24) is 9.88 Å². The van der Waals surface area contributed by atoms with Crippen LogP contribution in [0.15, 0.2) is 36.9 Å². The lowest BCUT2D eigenvalue weighted by Gasteiger charge is -2.45. The minimum absolute atomic E-state index is 0.0162. The quantitative estimate of drug-likeness (QED) is 0.519. The molecule has 1 heterocycles. The molecule has 3 aromatic rings. The maximum Gasteiger partial charge on any atom is 0.335 e. The van der Waals surface area contributed by atoms with Crippen LogP contribution in [0.1, 0.15) is 46.4 Å².